The number of likely N-dealkylation sites (tertiary alicyclic amines) is 1. The third kappa shape index (κ3) is 2.44. The second kappa shape index (κ2) is 5.74. The molecule has 27 heavy (non-hydrogen) atoms. The molecule has 1 fully saturated rings. The summed E-state index contributed by atoms with van der Waals surface area (Å²) in [5.74, 6) is 0.248. The Balaban J connectivity index is 1.73. The van der Waals surface area contributed by atoms with Crippen molar-refractivity contribution >= 4 is 22.5 Å². The van der Waals surface area contributed by atoms with E-state index >= 15 is 0 Å². The quantitative estimate of drug-likeness (QED) is 0.602. The van der Waals surface area contributed by atoms with Gasteiger partial charge in [-0.2, -0.15) is 0 Å². The summed E-state index contributed by atoms with van der Waals surface area (Å²) < 4.78 is 0. The number of phenolic OH excluding ortho intramolecular Hbond substituents is 1. The van der Waals surface area contributed by atoms with Crippen molar-refractivity contribution in [1.82, 2.24) is 9.88 Å². The molecule has 0 saturated carbocycles. The smallest absolute Gasteiger partial charge is 0.115 e. The van der Waals surface area contributed by atoms with Gasteiger partial charge in [0.1, 0.15) is 5.75 Å². The number of halogens is 1. The zero-order chi connectivity index (χ0) is 18.8. The topological polar surface area (TPSA) is 59.5 Å². The summed E-state index contributed by atoms with van der Waals surface area (Å²) in [4.78, 5) is 5.77. The van der Waals surface area contributed by atoms with E-state index in [0.29, 0.717) is 18.0 Å². The second-order valence-corrected chi connectivity index (χ2v) is 8.71. The molecule has 0 unspecified atom stereocenters. The van der Waals surface area contributed by atoms with Crippen LogP contribution in [0, 0.1) is 0 Å². The van der Waals surface area contributed by atoms with Crippen molar-refractivity contribution in [1.29, 1.82) is 0 Å². The van der Waals surface area contributed by atoms with Crippen LogP contribution in [-0.2, 0) is 18.3 Å². The van der Waals surface area contributed by atoms with Gasteiger partial charge in [0.2, 0.25) is 0 Å². The first-order valence-electron chi connectivity index (χ1n) is 9.40. The molecule has 5 heteroatoms. The fourth-order valence-corrected chi connectivity index (χ4v) is 5.48. The number of aliphatic hydroxyl groups is 1. The number of nitrogens with one attached hydrogen (secondary N) is 1. The van der Waals surface area contributed by atoms with E-state index < -0.39 is 11.0 Å². The van der Waals surface area contributed by atoms with E-state index in [2.05, 4.69) is 16.9 Å². The number of fused-ring (bicyclic) bond motifs is 4. The lowest BCUT2D eigenvalue weighted by molar-refractivity contribution is -0.0972. The van der Waals surface area contributed by atoms with Crippen LogP contribution in [0.25, 0.3) is 10.9 Å². The SMILES string of the molecule is CN1CC[C@@]2(c3cccc(O)c3)Cc3[nH]c4ccc(Cl)cc4c3C[C@]2(O)C1. The lowest BCUT2D eigenvalue weighted by Crippen LogP contribution is -2.65. The lowest BCUT2D eigenvalue weighted by atomic mass is 9.56. The van der Waals surface area contributed by atoms with Crippen LogP contribution >= 0.6 is 11.6 Å². The van der Waals surface area contributed by atoms with E-state index in [1.54, 1.807) is 6.07 Å². The second-order valence-electron chi connectivity index (χ2n) is 8.28. The molecule has 3 aromatic rings. The minimum Gasteiger partial charge on any atom is -0.508 e. The molecular formula is C22H23ClN2O2. The highest BCUT2D eigenvalue weighted by molar-refractivity contribution is 6.31. The van der Waals surface area contributed by atoms with E-state index in [1.807, 2.05) is 36.4 Å². The molecule has 1 aliphatic heterocycles. The molecule has 1 aromatic heterocycles. The summed E-state index contributed by atoms with van der Waals surface area (Å²) in [7, 11) is 2.06. The summed E-state index contributed by atoms with van der Waals surface area (Å²) >= 11 is 6.24. The number of hydrogen-bond donors (Lipinski definition) is 3. The monoisotopic (exact) mass is 382 g/mol. The van der Waals surface area contributed by atoms with Crippen LogP contribution in [0.5, 0.6) is 5.75 Å². The van der Waals surface area contributed by atoms with Gasteiger partial charge in [-0.25, -0.2) is 0 Å². The number of nitrogens with zero attached hydrogens (tertiary/aromatic N) is 1. The molecule has 0 bridgehead atoms. The molecule has 2 atom stereocenters. The minimum atomic E-state index is -0.905. The zero-order valence-electron chi connectivity index (χ0n) is 15.3. The molecule has 3 N–H and O–H groups in total. The van der Waals surface area contributed by atoms with E-state index in [0.717, 1.165) is 35.9 Å². The van der Waals surface area contributed by atoms with Gasteiger partial charge >= 0.3 is 0 Å². The molecule has 1 saturated heterocycles. The Labute approximate surface area is 163 Å². The van der Waals surface area contributed by atoms with Gasteiger partial charge in [-0.15, -0.1) is 0 Å². The van der Waals surface area contributed by atoms with Crippen LogP contribution in [0.3, 0.4) is 0 Å². The molecule has 2 heterocycles. The number of benzene rings is 2. The van der Waals surface area contributed by atoms with Crippen LogP contribution in [-0.4, -0.2) is 45.8 Å². The summed E-state index contributed by atoms with van der Waals surface area (Å²) in [6, 6.07) is 13.3. The summed E-state index contributed by atoms with van der Waals surface area (Å²) in [6.45, 7) is 1.52. The number of aromatic hydroxyl groups is 1. The Kier molecular flexibility index (Phi) is 3.64. The number of H-pyrrole nitrogens is 1. The van der Waals surface area contributed by atoms with E-state index in [9.17, 15) is 10.2 Å². The fourth-order valence-electron chi connectivity index (χ4n) is 5.31. The van der Waals surface area contributed by atoms with Crippen molar-refractivity contribution in [3.63, 3.8) is 0 Å². The standard InChI is InChI=1S/C22H23ClN2O2/c1-25-8-7-21(14-3-2-4-16(26)9-14)12-20-18(11-22(21,27)13-25)17-10-15(23)5-6-19(17)24-20/h2-6,9-10,24,26-27H,7-8,11-13H2,1H3/t21-,22-/m0/s1. The predicted molar refractivity (Wildman–Crippen MR) is 108 cm³/mol. The minimum absolute atomic E-state index is 0.248. The Morgan fingerprint density at radius 2 is 2.00 bits per heavy atom. The maximum absolute atomic E-state index is 12.0. The molecule has 0 radical (unpaired) electrons. The highest BCUT2D eigenvalue weighted by Gasteiger charge is 2.57. The Hall–Kier alpha value is -2.01. The van der Waals surface area contributed by atoms with E-state index in [1.165, 1.54) is 11.3 Å². The van der Waals surface area contributed by atoms with E-state index in [4.69, 9.17) is 11.6 Å². The van der Waals surface area contributed by atoms with Crippen molar-refractivity contribution in [3.8, 4) is 5.75 Å². The van der Waals surface area contributed by atoms with Gasteiger partial charge in [-0.3, -0.25) is 0 Å². The number of aromatic amines is 1. The van der Waals surface area contributed by atoms with Crippen LogP contribution in [0.1, 0.15) is 23.2 Å². The van der Waals surface area contributed by atoms with Crippen LogP contribution < -0.4 is 0 Å². The van der Waals surface area contributed by atoms with Crippen molar-refractivity contribution in [2.24, 2.45) is 0 Å². The van der Waals surface area contributed by atoms with Gasteiger partial charge < -0.3 is 20.1 Å². The third-order valence-electron chi connectivity index (χ3n) is 6.65. The van der Waals surface area contributed by atoms with Crippen LogP contribution in [0.2, 0.25) is 5.02 Å². The Morgan fingerprint density at radius 3 is 2.81 bits per heavy atom. The number of β-amino-alcohol motifs (C(OH)–C–C–N with tert-alkyl or cyclic N) is 1. The molecule has 0 spiro atoms. The predicted octanol–water partition coefficient (Wildman–Crippen LogP) is 3.63. The molecule has 2 aromatic carbocycles. The molecule has 0 amide bonds. The van der Waals surface area contributed by atoms with Gasteiger partial charge in [-0.05, 0) is 61.5 Å². The average molecular weight is 383 g/mol. The van der Waals surface area contributed by atoms with Gasteiger partial charge in [-0.1, -0.05) is 23.7 Å². The van der Waals surface area contributed by atoms with Crippen molar-refractivity contribution < 1.29 is 10.2 Å². The summed E-state index contributed by atoms with van der Waals surface area (Å²) in [6.07, 6.45) is 2.14. The number of rotatable bonds is 1. The molecule has 4 nitrogen and oxygen atoms in total. The van der Waals surface area contributed by atoms with E-state index in [-0.39, 0.29) is 5.75 Å². The first kappa shape index (κ1) is 17.1. The van der Waals surface area contributed by atoms with Crippen molar-refractivity contribution in [3.05, 3.63) is 64.3 Å². The third-order valence-corrected chi connectivity index (χ3v) is 6.88. The summed E-state index contributed by atoms with van der Waals surface area (Å²) in [5.41, 5.74) is 3.09. The number of likely N-dealkylation sites (N-methyl/N-ethyl adjacent to an activating group) is 1. The van der Waals surface area contributed by atoms with Gasteiger partial charge in [0.05, 0.1) is 5.60 Å². The van der Waals surface area contributed by atoms with Crippen molar-refractivity contribution in [2.45, 2.75) is 30.3 Å². The number of piperidine rings is 1. The van der Waals surface area contributed by atoms with Gasteiger partial charge in [0, 0.05) is 46.4 Å². The lowest BCUT2D eigenvalue weighted by Gasteiger charge is -2.55. The summed E-state index contributed by atoms with van der Waals surface area (Å²) in [5, 5.41) is 23.9. The number of hydrogen-bond acceptors (Lipinski definition) is 3. The Morgan fingerprint density at radius 1 is 1.15 bits per heavy atom. The van der Waals surface area contributed by atoms with Crippen LogP contribution in [0.4, 0.5) is 0 Å². The maximum Gasteiger partial charge on any atom is 0.115 e. The first-order valence-corrected chi connectivity index (χ1v) is 9.77. The molecule has 5 rings (SSSR count). The fraction of sp³-hybridized carbons (Fsp3) is 0.364. The molecule has 1 aliphatic carbocycles. The van der Waals surface area contributed by atoms with Crippen LogP contribution in [0.15, 0.2) is 42.5 Å². The number of phenols is 1. The van der Waals surface area contributed by atoms with Crippen molar-refractivity contribution in [2.75, 3.05) is 20.1 Å². The molecular weight excluding hydrogens is 360 g/mol. The van der Waals surface area contributed by atoms with Gasteiger partial charge in [0.25, 0.3) is 0 Å². The largest absolute Gasteiger partial charge is 0.508 e. The molecule has 140 valence electrons. The number of aromatic nitrogens is 1. The molecule has 2 aliphatic rings. The zero-order valence-corrected chi connectivity index (χ0v) is 16.1. The normalized spacial score (nSPS) is 28.1. The first-order chi connectivity index (χ1) is 12.9. The Bertz CT molecular complexity index is 1050. The maximum atomic E-state index is 12.0. The highest BCUT2D eigenvalue weighted by atomic mass is 35.5. The van der Waals surface area contributed by atoms with Gasteiger partial charge in [0.15, 0.2) is 0 Å². The highest BCUT2D eigenvalue weighted by Crippen LogP contribution is 2.51. The average Bonchev–Trinajstić information content (AvgIpc) is 2.95.